The van der Waals surface area contributed by atoms with E-state index in [1.807, 2.05) is 11.7 Å². The molecule has 0 N–H and O–H groups in total. The van der Waals surface area contributed by atoms with Gasteiger partial charge in [-0.25, -0.2) is 8.78 Å². The van der Waals surface area contributed by atoms with Crippen LogP contribution in [-0.2, 0) is 31.4 Å². The van der Waals surface area contributed by atoms with Crippen molar-refractivity contribution in [2.75, 3.05) is 13.2 Å². The molecule has 0 bridgehead atoms. The fourth-order valence-corrected chi connectivity index (χ4v) is 4.13. The maximum absolute atomic E-state index is 13.5. The van der Waals surface area contributed by atoms with Crippen LogP contribution in [0.4, 0.5) is 8.78 Å². The zero-order chi connectivity index (χ0) is 17.4. The Hall–Kier alpha value is -1.79. The van der Waals surface area contributed by atoms with Gasteiger partial charge in [0.25, 0.3) is 0 Å². The fourth-order valence-electron chi connectivity index (χ4n) is 4.13. The molecule has 3 heterocycles. The van der Waals surface area contributed by atoms with Crippen LogP contribution in [0.25, 0.3) is 0 Å². The van der Waals surface area contributed by atoms with Gasteiger partial charge in [-0.1, -0.05) is 6.42 Å². The lowest BCUT2D eigenvalue weighted by Gasteiger charge is -2.35. The number of aromatic nitrogens is 2. The lowest BCUT2D eigenvalue weighted by molar-refractivity contribution is 0.102. The van der Waals surface area contributed by atoms with Gasteiger partial charge < -0.3 is 4.74 Å². The number of piperidine rings is 1. The highest BCUT2D eigenvalue weighted by molar-refractivity contribution is 5.30. The summed E-state index contributed by atoms with van der Waals surface area (Å²) in [5, 5.41) is 4.79. The van der Waals surface area contributed by atoms with Gasteiger partial charge in [-0.3, -0.25) is 9.58 Å². The first-order chi connectivity index (χ1) is 12.1. The lowest BCUT2D eigenvalue weighted by Crippen LogP contribution is -2.34. The maximum Gasteiger partial charge on any atom is 0.126 e. The Morgan fingerprint density at radius 1 is 1.20 bits per heavy atom. The molecule has 0 radical (unpaired) electrons. The Balaban J connectivity index is 1.63. The molecule has 134 valence electrons. The number of aryl methyl sites for hydroxylation is 1. The summed E-state index contributed by atoms with van der Waals surface area (Å²) in [5.74, 6) is -1.04. The van der Waals surface area contributed by atoms with Crippen molar-refractivity contribution in [2.45, 2.75) is 44.9 Å². The van der Waals surface area contributed by atoms with Crippen LogP contribution in [0.5, 0.6) is 0 Å². The average molecular weight is 347 g/mol. The molecule has 1 aromatic carbocycles. The molecule has 1 saturated heterocycles. The molecular formula is C19H23F2N3O. The molecule has 25 heavy (non-hydrogen) atoms. The molecule has 4 rings (SSSR count). The van der Waals surface area contributed by atoms with Gasteiger partial charge in [-0.15, -0.1) is 0 Å². The van der Waals surface area contributed by atoms with Crippen LogP contribution in [0.2, 0.25) is 0 Å². The van der Waals surface area contributed by atoms with E-state index in [9.17, 15) is 8.78 Å². The Labute approximate surface area is 146 Å². The molecule has 0 saturated carbocycles. The number of hydrogen-bond donors (Lipinski definition) is 0. The smallest absolute Gasteiger partial charge is 0.126 e. The third-order valence-electron chi connectivity index (χ3n) is 5.27. The lowest BCUT2D eigenvalue weighted by atomic mass is 9.95. The molecule has 0 aliphatic carbocycles. The number of ether oxygens (including phenoxy) is 1. The van der Waals surface area contributed by atoms with Gasteiger partial charge >= 0.3 is 0 Å². The monoisotopic (exact) mass is 347 g/mol. The number of rotatable bonds is 3. The molecule has 0 amide bonds. The molecule has 1 unspecified atom stereocenters. The van der Waals surface area contributed by atoms with Crippen molar-refractivity contribution < 1.29 is 13.5 Å². The van der Waals surface area contributed by atoms with Crippen molar-refractivity contribution in [3.63, 3.8) is 0 Å². The second-order valence-electron chi connectivity index (χ2n) is 7.00. The first kappa shape index (κ1) is 16.7. The average Bonchev–Trinajstić information content (AvgIpc) is 2.92. The second kappa shape index (κ2) is 6.84. The van der Waals surface area contributed by atoms with E-state index in [1.54, 1.807) is 0 Å². The summed E-state index contributed by atoms with van der Waals surface area (Å²) in [5.41, 5.74) is 4.21. The predicted molar refractivity (Wildman–Crippen MR) is 89.9 cm³/mol. The van der Waals surface area contributed by atoms with Gasteiger partial charge in [-0.05, 0) is 37.1 Å². The van der Waals surface area contributed by atoms with Crippen LogP contribution in [-0.4, -0.2) is 27.8 Å². The fraction of sp³-hybridized carbons (Fsp3) is 0.526. The van der Waals surface area contributed by atoms with E-state index in [4.69, 9.17) is 9.84 Å². The van der Waals surface area contributed by atoms with E-state index in [-0.39, 0.29) is 6.04 Å². The van der Waals surface area contributed by atoms with Crippen LogP contribution in [0, 0.1) is 11.6 Å². The van der Waals surface area contributed by atoms with Crippen LogP contribution in [0.3, 0.4) is 0 Å². The van der Waals surface area contributed by atoms with Crippen molar-refractivity contribution in [2.24, 2.45) is 7.05 Å². The normalized spacial score (nSPS) is 21.3. The van der Waals surface area contributed by atoms with Gasteiger partial charge in [-0.2, -0.15) is 5.10 Å². The third kappa shape index (κ3) is 3.33. The molecule has 4 nitrogen and oxygen atoms in total. The second-order valence-corrected chi connectivity index (χ2v) is 7.00. The molecule has 6 heteroatoms. The molecule has 1 atom stereocenters. The number of fused-ring (bicyclic) bond motifs is 1. The minimum atomic E-state index is -0.521. The molecule has 1 fully saturated rings. The summed E-state index contributed by atoms with van der Waals surface area (Å²) in [4.78, 5) is 2.30. The van der Waals surface area contributed by atoms with E-state index in [1.165, 1.54) is 23.4 Å². The summed E-state index contributed by atoms with van der Waals surface area (Å²) in [6.45, 7) is 2.79. The largest absolute Gasteiger partial charge is 0.376 e. The summed E-state index contributed by atoms with van der Waals surface area (Å²) >= 11 is 0. The number of nitrogens with zero attached hydrogens (tertiary/aromatic N) is 3. The van der Waals surface area contributed by atoms with Crippen LogP contribution in [0.1, 0.15) is 47.8 Å². The summed E-state index contributed by atoms with van der Waals surface area (Å²) in [6.07, 6.45) is 4.15. The Bertz CT molecular complexity index is 754. The maximum atomic E-state index is 13.5. The van der Waals surface area contributed by atoms with E-state index in [0.717, 1.165) is 50.6 Å². The number of halogens is 2. The van der Waals surface area contributed by atoms with E-state index < -0.39 is 11.6 Å². The Morgan fingerprint density at radius 2 is 2.00 bits per heavy atom. The number of likely N-dealkylation sites (tertiary alicyclic amines) is 1. The van der Waals surface area contributed by atoms with Gasteiger partial charge in [0, 0.05) is 37.3 Å². The summed E-state index contributed by atoms with van der Waals surface area (Å²) < 4.78 is 34.7. The van der Waals surface area contributed by atoms with Crippen LogP contribution < -0.4 is 0 Å². The molecule has 2 aliphatic heterocycles. The highest BCUT2D eigenvalue weighted by Gasteiger charge is 2.31. The Morgan fingerprint density at radius 3 is 2.80 bits per heavy atom. The highest BCUT2D eigenvalue weighted by Crippen LogP contribution is 2.35. The van der Waals surface area contributed by atoms with Crippen molar-refractivity contribution in [1.29, 1.82) is 0 Å². The molecule has 1 aromatic heterocycles. The van der Waals surface area contributed by atoms with Crippen LogP contribution >= 0.6 is 0 Å². The summed E-state index contributed by atoms with van der Waals surface area (Å²) in [6, 6.07) is 3.94. The topological polar surface area (TPSA) is 30.3 Å². The zero-order valence-electron chi connectivity index (χ0n) is 14.5. The summed E-state index contributed by atoms with van der Waals surface area (Å²) in [7, 11) is 1.99. The highest BCUT2D eigenvalue weighted by atomic mass is 19.1. The van der Waals surface area contributed by atoms with Crippen molar-refractivity contribution in [1.82, 2.24) is 14.7 Å². The SMILES string of the molecule is Cn1nc(C2CCCCN2Cc2cc(F)cc(F)c2)c2c1CCOC2. The minimum absolute atomic E-state index is 0.178. The van der Waals surface area contributed by atoms with Crippen molar-refractivity contribution in [3.05, 3.63) is 52.3 Å². The predicted octanol–water partition coefficient (Wildman–Crippen LogP) is 3.50. The van der Waals surface area contributed by atoms with E-state index in [2.05, 4.69) is 4.90 Å². The number of benzene rings is 1. The van der Waals surface area contributed by atoms with Crippen molar-refractivity contribution in [3.8, 4) is 0 Å². The molecule has 0 spiro atoms. The quantitative estimate of drug-likeness (QED) is 0.851. The Kier molecular flexibility index (Phi) is 4.56. The van der Waals surface area contributed by atoms with Crippen LogP contribution in [0.15, 0.2) is 18.2 Å². The molecule has 2 aromatic rings. The standard InChI is InChI=1S/C19H23F2N3O/c1-23-17-5-7-25-12-16(17)19(22-23)18-4-2-3-6-24(18)11-13-8-14(20)10-15(21)9-13/h8-10,18H,2-7,11-12H2,1H3. The minimum Gasteiger partial charge on any atom is -0.376 e. The van der Waals surface area contributed by atoms with E-state index in [0.29, 0.717) is 18.7 Å². The third-order valence-corrected chi connectivity index (χ3v) is 5.27. The molecule has 2 aliphatic rings. The van der Waals surface area contributed by atoms with Gasteiger partial charge in [0.05, 0.1) is 24.9 Å². The van der Waals surface area contributed by atoms with E-state index >= 15 is 0 Å². The van der Waals surface area contributed by atoms with Crippen molar-refractivity contribution >= 4 is 0 Å². The first-order valence-electron chi connectivity index (χ1n) is 8.93. The number of hydrogen-bond acceptors (Lipinski definition) is 3. The van der Waals surface area contributed by atoms with Gasteiger partial charge in [0.2, 0.25) is 0 Å². The molecular weight excluding hydrogens is 324 g/mol. The zero-order valence-corrected chi connectivity index (χ0v) is 14.5. The van der Waals surface area contributed by atoms with Gasteiger partial charge in [0.1, 0.15) is 11.6 Å². The first-order valence-corrected chi connectivity index (χ1v) is 8.93. The van der Waals surface area contributed by atoms with Gasteiger partial charge in [0.15, 0.2) is 0 Å².